The zero-order valence-corrected chi connectivity index (χ0v) is 12.5. The molecule has 0 amide bonds. The summed E-state index contributed by atoms with van der Waals surface area (Å²) in [4.78, 5) is 23.2. The van der Waals surface area contributed by atoms with Gasteiger partial charge in [0.1, 0.15) is 0 Å². The Balaban J connectivity index is 3.90. The van der Waals surface area contributed by atoms with Crippen LogP contribution in [0, 0.1) is 17.2 Å². The molecule has 20 heavy (non-hydrogen) atoms. The Morgan fingerprint density at radius 1 is 1.10 bits per heavy atom. The van der Waals surface area contributed by atoms with E-state index in [4.69, 9.17) is 10.00 Å². The fourth-order valence-corrected chi connectivity index (χ4v) is 1.84. The summed E-state index contributed by atoms with van der Waals surface area (Å²) in [5, 5.41) is 8.51. The number of carbonyl (C=O) groups excluding carboxylic acids is 2. The van der Waals surface area contributed by atoms with Crippen molar-refractivity contribution in [1.82, 2.24) is 0 Å². The van der Waals surface area contributed by atoms with Gasteiger partial charge >= 0.3 is 11.9 Å². The molecule has 0 spiro atoms. The molecule has 0 saturated carbocycles. The first-order chi connectivity index (χ1) is 9.67. The molecule has 114 valence electrons. The second kappa shape index (κ2) is 12.5. The molecule has 0 aromatic rings. The van der Waals surface area contributed by atoms with Crippen LogP contribution in [0.15, 0.2) is 0 Å². The molecule has 0 aromatic heterocycles. The summed E-state index contributed by atoms with van der Waals surface area (Å²) in [7, 11) is 1.22. The molecular weight excluding hydrogens is 258 g/mol. The predicted octanol–water partition coefficient (Wildman–Crippen LogP) is 2.98. The third-order valence-corrected chi connectivity index (χ3v) is 3.06. The van der Waals surface area contributed by atoms with E-state index in [1.165, 1.54) is 26.4 Å². The van der Waals surface area contributed by atoms with Gasteiger partial charge in [0, 0.05) is 6.42 Å². The van der Waals surface area contributed by atoms with E-state index in [1.54, 1.807) is 0 Å². The average Bonchev–Trinajstić information content (AvgIpc) is 2.46. The predicted molar refractivity (Wildman–Crippen MR) is 74.7 cm³/mol. The zero-order valence-electron chi connectivity index (χ0n) is 12.5. The third kappa shape index (κ3) is 8.52. The van der Waals surface area contributed by atoms with Crippen molar-refractivity contribution in [2.24, 2.45) is 5.92 Å². The van der Waals surface area contributed by atoms with Gasteiger partial charge in [-0.15, -0.1) is 0 Å². The van der Waals surface area contributed by atoms with Gasteiger partial charge in [-0.05, 0) is 12.8 Å². The molecule has 0 heterocycles. The molecule has 0 aromatic carbocycles. The van der Waals surface area contributed by atoms with Crippen LogP contribution in [0.1, 0.15) is 58.3 Å². The van der Waals surface area contributed by atoms with E-state index in [9.17, 15) is 9.59 Å². The molecule has 0 radical (unpaired) electrons. The van der Waals surface area contributed by atoms with E-state index in [2.05, 4.69) is 11.7 Å². The van der Waals surface area contributed by atoms with E-state index >= 15 is 0 Å². The quantitative estimate of drug-likeness (QED) is 0.331. The van der Waals surface area contributed by atoms with E-state index in [-0.39, 0.29) is 12.8 Å². The van der Waals surface area contributed by atoms with Crippen molar-refractivity contribution in [2.45, 2.75) is 58.3 Å². The monoisotopic (exact) mass is 283 g/mol. The molecular formula is C15H25NO4. The van der Waals surface area contributed by atoms with Crippen molar-refractivity contribution in [2.75, 3.05) is 13.7 Å². The van der Waals surface area contributed by atoms with Gasteiger partial charge in [-0.1, -0.05) is 39.0 Å². The summed E-state index contributed by atoms with van der Waals surface area (Å²) >= 11 is 0. The van der Waals surface area contributed by atoms with E-state index < -0.39 is 17.9 Å². The smallest absolute Gasteiger partial charge is 0.320 e. The fourth-order valence-electron chi connectivity index (χ4n) is 1.84. The van der Waals surface area contributed by atoms with Crippen LogP contribution >= 0.6 is 0 Å². The van der Waals surface area contributed by atoms with Crippen LogP contribution < -0.4 is 0 Å². The summed E-state index contributed by atoms with van der Waals surface area (Å²) < 4.78 is 9.63. The van der Waals surface area contributed by atoms with Crippen molar-refractivity contribution < 1.29 is 19.1 Å². The number of rotatable bonds is 11. The van der Waals surface area contributed by atoms with Gasteiger partial charge in [0.05, 0.1) is 19.8 Å². The summed E-state index contributed by atoms with van der Waals surface area (Å²) in [6, 6.07) is 1.91. The maximum atomic E-state index is 11.8. The highest BCUT2D eigenvalue weighted by Crippen LogP contribution is 2.12. The summed E-state index contributed by atoms with van der Waals surface area (Å²) in [6.45, 7) is 2.49. The zero-order chi connectivity index (χ0) is 15.2. The lowest BCUT2D eigenvalue weighted by Gasteiger charge is -2.12. The number of carbonyl (C=O) groups is 2. The molecule has 0 saturated heterocycles. The highest BCUT2D eigenvalue weighted by Gasteiger charge is 2.28. The van der Waals surface area contributed by atoms with Crippen LogP contribution in [0.2, 0.25) is 0 Å². The number of hydrogen-bond donors (Lipinski definition) is 0. The van der Waals surface area contributed by atoms with Gasteiger partial charge in [-0.2, -0.15) is 5.26 Å². The SMILES string of the molecule is CCCCCCCCOC(=O)C(CCC#N)C(=O)OC. The van der Waals surface area contributed by atoms with Gasteiger partial charge < -0.3 is 9.47 Å². The largest absolute Gasteiger partial charge is 0.468 e. The Hall–Kier alpha value is -1.57. The Morgan fingerprint density at radius 3 is 2.35 bits per heavy atom. The maximum absolute atomic E-state index is 11.8. The molecule has 0 aliphatic rings. The summed E-state index contributed by atoms with van der Waals surface area (Å²) in [5.41, 5.74) is 0. The van der Waals surface area contributed by atoms with E-state index in [0.717, 1.165) is 19.3 Å². The Kier molecular flexibility index (Phi) is 11.5. The van der Waals surface area contributed by atoms with Crippen molar-refractivity contribution >= 4 is 11.9 Å². The van der Waals surface area contributed by atoms with Crippen LogP contribution in [0.3, 0.4) is 0 Å². The average molecular weight is 283 g/mol. The van der Waals surface area contributed by atoms with Crippen molar-refractivity contribution in [3.8, 4) is 6.07 Å². The number of unbranched alkanes of at least 4 members (excludes halogenated alkanes) is 5. The van der Waals surface area contributed by atoms with Gasteiger partial charge in [-0.3, -0.25) is 9.59 Å². The number of ether oxygens (including phenoxy) is 2. The Bertz CT molecular complexity index is 322. The molecule has 0 bridgehead atoms. The number of nitrogens with zero attached hydrogens (tertiary/aromatic N) is 1. The Labute approximate surface area is 121 Å². The standard InChI is InChI=1S/C15H25NO4/c1-3-4-5-6-7-8-12-20-15(18)13(10-9-11-16)14(17)19-2/h13H,3-10,12H2,1-2H3. The molecule has 0 rings (SSSR count). The van der Waals surface area contributed by atoms with Gasteiger partial charge in [0.25, 0.3) is 0 Å². The fraction of sp³-hybridized carbons (Fsp3) is 0.800. The molecule has 1 atom stereocenters. The highest BCUT2D eigenvalue weighted by molar-refractivity contribution is 5.94. The minimum atomic E-state index is -0.972. The van der Waals surface area contributed by atoms with Crippen LogP contribution in [0.4, 0.5) is 0 Å². The molecule has 0 aliphatic heterocycles. The third-order valence-electron chi connectivity index (χ3n) is 3.06. The van der Waals surface area contributed by atoms with E-state index in [0.29, 0.717) is 6.61 Å². The number of methoxy groups -OCH3 is 1. The number of hydrogen-bond acceptors (Lipinski definition) is 5. The minimum absolute atomic E-state index is 0.131. The minimum Gasteiger partial charge on any atom is -0.468 e. The van der Waals surface area contributed by atoms with Crippen LogP contribution in [-0.2, 0) is 19.1 Å². The van der Waals surface area contributed by atoms with Crippen LogP contribution in [-0.4, -0.2) is 25.7 Å². The Morgan fingerprint density at radius 2 is 1.75 bits per heavy atom. The number of nitriles is 1. The first-order valence-electron chi connectivity index (χ1n) is 7.28. The van der Waals surface area contributed by atoms with Crippen molar-refractivity contribution in [3.63, 3.8) is 0 Å². The molecule has 5 nitrogen and oxygen atoms in total. The second-order valence-electron chi connectivity index (χ2n) is 4.71. The van der Waals surface area contributed by atoms with Crippen LogP contribution in [0.5, 0.6) is 0 Å². The van der Waals surface area contributed by atoms with E-state index in [1.807, 2.05) is 6.07 Å². The van der Waals surface area contributed by atoms with Gasteiger partial charge in [0.2, 0.25) is 0 Å². The summed E-state index contributed by atoms with van der Waals surface area (Å²) in [5.74, 6) is -2.19. The first-order valence-corrected chi connectivity index (χ1v) is 7.28. The second-order valence-corrected chi connectivity index (χ2v) is 4.71. The normalized spacial score (nSPS) is 11.4. The highest BCUT2D eigenvalue weighted by atomic mass is 16.5. The lowest BCUT2D eigenvalue weighted by atomic mass is 10.0. The van der Waals surface area contributed by atoms with Crippen LogP contribution in [0.25, 0.3) is 0 Å². The molecule has 1 unspecified atom stereocenters. The summed E-state index contributed by atoms with van der Waals surface area (Å²) in [6.07, 6.45) is 6.89. The topological polar surface area (TPSA) is 76.4 Å². The lowest BCUT2D eigenvalue weighted by molar-refractivity contribution is -0.160. The van der Waals surface area contributed by atoms with Crippen molar-refractivity contribution in [1.29, 1.82) is 5.26 Å². The molecule has 0 fully saturated rings. The van der Waals surface area contributed by atoms with Crippen molar-refractivity contribution in [3.05, 3.63) is 0 Å². The molecule has 0 aliphatic carbocycles. The molecule has 0 N–H and O–H groups in total. The maximum Gasteiger partial charge on any atom is 0.320 e. The van der Waals surface area contributed by atoms with Gasteiger partial charge in [-0.25, -0.2) is 0 Å². The van der Waals surface area contributed by atoms with Gasteiger partial charge in [0.15, 0.2) is 5.92 Å². The first kappa shape index (κ1) is 18.4. The molecule has 5 heteroatoms. The lowest BCUT2D eigenvalue weighted by Crippen LogP contribution is -2.27. The number of esters is 2.